The smallest absolute Gasteiger partial charge is 0.198 e. The molecule has 0 amide bonds. The average Bonchev–Trinajstić information content (AvgIpc) is 3.29. The second-order valence-corrected chi connectivity index (χ2v) is 5.79. The topological polar surface area (TPSA) is 63.6 Å². The van der Waals surface area contributed by atoms with E-state index < -0.39 is 0 Å². The molecule has 0 aromatic carbocycles. The molecule has 1 aliphatic rings. The quantitative estimate of drug-likeness (QED) is 0.913. The third-order valence-electron chi connectivity index (χ3n) is 3.88. The average molecular weight is 283 g/mol. The molecule has 110 valence electrons. The van der Waals surface area contributed by atoms with Gasteiger partial charge in [0.2, 0.25) is 0 Å². The highest BCUT2D eigenvalue weighted by molar-refractivity contribution is 5.45. The van der Waals surface area contributed by atoms with Crippen LogP contribution in [0.15, 0.2) is 18.5 Å². The molecule has 1 aliphatic carbocycles. The lowest BCUT2D eigenvalue weighted by Gasteiger charge is -2.17. The van der Waals surface area contributed by atoms with E-state index in [-0.39, 0.29) is 0 Å². The minimum atomic E-state index is 0.413. The maximum atomic E-state index is 4.60. The first-order valence-corrected chi connectivity index (χ1v) is 7.51. The fraction of sp³-hybridized carbons (Fsp3) is 0.500. The number of aromatic nitrogens is 4. The monoisotopic (exact) mass is 283 g/mol. The molecule has 0 spiro atoms. The van der Waals surface area contributed by atoms with Gasteiger partial charge in [-0.3, -0.25) is 0 Å². The van der Waals surface area contributed by atoms with Crippen LogP contribution in [0.25, 0.3) is 11.6 Å². The van der Waals surface area contributed by atoms with E-state index in [2.05, 4.69) is 32.2 Å². The van der Waals surface area contributed by atoms with Crippen molar-refractivity contribution in [3.63, 3.8) is 0 Å². The first kappa shape index (κ1) is 14.1. The fourth-order valence-electron chi connectivity index (χ4n) is 2.69. The predicted molar refractivity (Wildman–Crippen MR) is 82.0 cm³/mol. The predicted octanol–water partition coefficient (Wildman–Crippen LogP) is 2.41. The SMILES string of the molecule is Cc1nc(-c2ncccn2)nc(C)c1C(C)CNC1CC1. The third-order valence-corrected chi connectivity index (χ3v) is 3.88. The van der Waals surface area contributed by atoms with Gasteiger partial charge in [-0.25, -0.2) is 19.9 Å². The number of nitrogens with zero attached hydrogens (tertiary/aromatic N) is 4. The number of aryl methyl sites for hydroxylation is 2. The van der Waals surface area contributed by atoms with Crippen LogP contribution in [0, 0.1) is 13.8 Å². The van der Waals surface area contributed by atoms with Gasteiger partial charge >= 0.3 is 0 Å². The second kappa shape index (κ2) is 5.85. The van der Waals surface area contributed by atoms with Crippen molar-refractivity contribution in [3.8, 4) is 11.6 Å². The van der Waals surface area contributed by atoms with Crippen molar-refractivity contribution >= 4 is 0 Å². The van der Waals surface area contributed by atoms with Crippen LogP contribution in [-0.4, -0.2) is 32.5 Å². The zero-order valence-electron chi connectivity index (χ0n) is 12.8. The molecule has 21 heavy (non-hydrogen) atoms. The van der Waals surface area contributed by atoms with Crippen molar-refractivity contribution in [2.45, 2.75) is 45.6 Å². The number of hydrogen-bond donors (Lipinski definition) is 1. The highest BCUT2D eigenvalue weighted by Crippen LogP contribution is 2.25. The summed E-state index contributed by atoms with van der Waals surface area (Å²) in [6, 6.07) is 2.52. The second-order valence-electron chi connectivity index (χ2n) is 5.79. The van der Waals surface area contributed by atoms with E-state index in [0.29, 0.717) is 17.6 Å². The lowest BCUT2D eigenvalue weighted by atomic mass is 9.98. The highest BCUT2D eigenvalue weighted by Gasteiger charge is 2.23. The molecule has 0 bridgehead atoms. The van der Waals surface area contributed by atoms with Crippen LogP contribution in [0.2, 0.25) is 0 Å². The molecule has 1 saturated carbocycles. The Labute approximate surface area is 125 Å². The van der Waals surface area contributed by atoms with E-state index in [1.807, 2.05) is 13.8 Å². The summed E-state index contributed by atoms with van der Waals surface area (Å²) in [6.07, 6.45) is 6.05. The number of nitrogens with one attached hydrogen (secondary N) is 1. The van der Waals surface area contributed by atoms with Crippen molar-refractivity contribution in [1.29, 1.82) is 0 Å². The van der Waals surface area contributed by atoms with Crippen molar-refractivity contribution in [1.82, 2.24) is 25.3 Å². The first-order chi connectivity index (χ1) is 10.1. The fourth-order valence-corrected chi connectivity index (χ4v) is 2.69. The molecular weight excluding hydrogens is 262 g/mol. The van der Waals surface area contributed by atoms with Gasteiger partial charge in [-0.1, -0.05) is 6.92 Å². The number of hydrogen-bond acceptors (Lipinski definition) is 5. The highest BCUT2D eigenvalue weighted by atomic mass is 15.0. The Balaban J connectivity index is 1.85. The summed E-state index contributed by atoms with van der Waals surface area (Å²) in [6.45, 7) is 7.30. The van der Waals surface area contributed by atoms with E-state index in [1.54, 1.807) is 18.5 Å². The minimum Gasteiger partial charge on any atom is -0.313 e. The van der Waals surface area contributed by atoms with E-state index in [0.717, 1.165) is 24.0 Å². The largest absolute Gasteiger partial charge is 0.313 e. The zero-order valence-corrected chi connectivity index (χ0v) is 12.8. The summed E-state index contributed by atoms with van der Waals surface area (Å²) in [7, 11) is 0. The molecule has 0 aliphatic heterocycles. The van der Waals surface area contributed by atoms with Gasteiger partial charge < -0.3 is 5.32 Å². The summed E-state index contributed by atoms with van der Waals surface area (Å²) in [5.41, 5.74) is 3.29. The van der Waals surface area contributed by atoms with Crippen molar-refractivity contribution in [2.75, 3.05) is 6.54 Å². The molecule has 0 saturated heterocycles. The Bertz CT molecular complexity index is 599. The van der Waals surface area contributed by atoms with Gasteiger partial charge in [0.1, 0.15) is 0 Å². The normalized spacial score (nSPS) is 16.0. The minimum absolute atomic E-state index is 0.413. The Morgan fingerprint density at radius 3 is 2.29 bits per heavy atom. The van der Waals surface area contributed by atoms with Gasteiger partial charge in [0.15, 0.2) is 11.6 Å². The molecule has 1 atom stereocenters. The van der Waals surface area contributed by atoms with Crippen LogP contribution in [0.4, 0.5) is 0 Å². The molecule has 3 rings (SSSR count). The molecule has 1 fully saturated rings. The van der Waals surface area contributed by atoms with Crippen LogP contribution in [-0.2, 0) is 0 Å². The van der Waals surface area contributed by atoms with Gasteiger partial charge in [0, 0.05) is 36.4 Å². The zero-order chi connectivity index (χ0) is 14.8. The standard InChI is InChI=1S/C16H21N5/c1-10(9-19-13-5-6-13)14-11(2)20-16(21-12(14)3)15-17-7-4-8-18-15/h4,7-8,10,13,19H,5-6,9H2,1-3H3. The molecule has 1 N–H and O–H groups in total. The van der Waals surface area contributed by atoms with E-state index in [4.69, 9.17) is 0 Å². The molecular formula is C16H21N5. The summed E-state index contributed by atoms with van der Waals surface area (Å²) < 4.78 is 0. The first-order valence-electron chi connectivity index (χ1n) is 7.51. The van der Waals surface area contributed by atoms with Crippen molar-refractivity contribution in [2.24, 2.45) is 0 Å². The Morgan fingerprint density at radius 2 is 1.71 bits per heavy atom. The lowest BCUT2D eigenvalue weighted by Crippen LogP contribution is -2.23. The molecule has 2 aromatic heterocycles. The van der Waals surface area contributed by atoms with Crippen LogP contribution in [0.3, 0.4) is 0 Å². The van der Waals surface area contributed by atoms with Gasteiger partial charge in [-0.15, -0.1) is 0 Å². The molecule has 2 heterocycles. The van der Waals surface area contributed by atoms with Gasteiger partial charge in [-0.05, 0) is 44.2 Å². The van der Waals surface area contributed by atoms with Gasteiger partial charge in [-0.2, -0.15) is 0 Å². The lowest BCUT2D eigenvalue weighted by molar-refractivity contribution is 0.603. The third kappa shape index (κ3) is 3.24. The van der Waals surface area contributed by atoms with Crippen molar-refractivity contribution in [3.05, 3.63) is 35.4 Å². The maximum absolute atomic E-state index is 4.60. The van der Waals surface area contributed by atoms with Gasteiger partial charge in [0.25, 0.3) is 0 Å². The Hall–Kier alpha value is -1.88. The maximum Gasteiger partial charge on any atom is 0.198 e. The van der Waals surface area contributed by atoms with E-state index >= 15 is 0 Å². The van der Waals surface area contributed by atoms with Crippen LogP contribution < -0.4 is 5.32 Å². The molecule has 1 unspecified atom stereocenters. The van der Waals surface area contributed by atoms with Crippen LogP contribution in [0.1, 0.15) is 42.6 Å². The number of rotatable bonds is 5. The Morgan fingerprint density at radius 1 is 1.10 bits per heavy atom. The molecule has 5 heteroatoms. The molecule has 2 aromatic rings. The Kier molecular flexibility index (Phi) is 3.92. The van der Waals surface area contributed by atoms with E-state index in [9.17, 15) is 0 Å². The van der Waals surface area contributed by atoms with Crippen LogP contribution >= 0.6 is 0 Å². The summed E-state index contributed by atoms with van der Waals surface area (Å²) in [5.74, 6) is 1.60. The summed E-state index contributed by atoms with van der Waals surface area (Å²) in [4.78, 5) is 17.7. The van der Waals surface area contributed by atoms with Gasteiger partial charge in [0.05, 0.1) is 0 Å². The molecule has 5 nitrogen and oxygen atoms in total. The van der Waals surface area contributed by atoms with Crippen molar-refractivity contribution < 1.29 is 0 Å². The molecule has 0 radical (unpaired) electrons. The van der Waals surface area contributed by atoms with E-state index in [1.165, 1.54) is 18.4 Å². The summed E-state index contributed by atoms with van der Waals surface area (Å²) in [5, 5.41) is 3.58. The van der Waals surface area contributed by atoms with Crippen LogP contribution in [0.5, 0.6) is 0 Å². The summed E-state index contributed by atoms with van der Waals surface area (Å²) >= 11 is 0.